The maximum Gasteiger partial charge on any atom is 0.252 e. The molecule has 21 heavy (non-hydrogen) atoms. The summed E-state index contributed by atoms with van der Waals surface area (Å²) in [6.45, 7) is 11.2. The first-order valence-corrected chi connectivity index (χ1v) is 8.44. The molecule has 0 radical (unpaired) electrons. The van der Waals surface area contributed by atoms with Crippen LogP contribution in [0, 0.1) is 17.8 Å². The molecule has 1 fully saturated rings. The first kappa shape index (κ1) is 16.5. The topological polar surface area (TPSA) is 29.1 Å². The van der Waals surface area contributed by atoms with Gasteiger partial charge in [0, 0.05) is 10.5 Å². The zero-order valence-electron chi connectivity index (χ0n) is 13.7. The van der Waals surface area contributed by atoms with Gasteiger partial charge in [0.15, 0.2) is 0 Å². The lowest BCUT2D eigenvalue weighted by Gasteiger charge is -2.45. The van der Waals surface area contributed by atoms with Gasteiger partial charge in [-0.05, 0) is 65.1 Å². The molecule has 0 heterocycles. The van der Waals surface area contributed by atoms with Gasteiger partial charge in [0.25, 0.3) is 5.91 Å². The highest BCUT2D eigenvalue weighted by molar-refractivity contribution is 9.10. The SMILES string of the molecule is Cc1ccc(Br)c(C(=O)NC2CC(C)(C)CC(C)(C)C2)c1. The number of benzene rings is 1. The van der Waals surface area contributed by atoms with Gasteiger partial charge < -0.3 is 5.32 Å². The number of carbonyl (C=O) groups excluding carboxylic acids is 1. The second kappa shape index (κ2) is 5.75. The van der Waals surface area contributed by atoms with Crippen LogP contribution in [-0.2, 0) is 0 Å². The van der Waals surface area contributed by atoms with E-state index in [0.717, 1.165) is 28.4 Å². The third kappa shape index (κ3) is 4.32. The van der Waals surface area contributed by atoms with Gasteiger partial charge in [-0.2, -0.15) is 0 Å². The van der Waals surface area contributed by atoms with Gasteiger partial charge in [0.2, 0.25) is 0 Å². The quantitative estimate of drug-likeness (QED) is 0.789. The van der Waals surface area contributed by atoms with E-state index in [0.29, 0.717) is 0 Å². The van der Waals surface area contributed by atoms with Gasteiger partial charge in [-0.15, -0.1) is 0 Å². The second-order valence-corrected chi connectivity index (χ2v) is 8.92. The van der Waals surface area contributed by atoms with Crippen molar-refractivity contribution in [1.82, 2.24) is 5.32 Å². The summed E-state index contributed by atoms with van der Waals surface area (Å²) < 4.78 is 0.861. The average molecular weight is 352 g/mol. The maximum atomic E-state index is 12.6. The van der Waals surface area contributed by atoms with Crippen LogP contribution >= 0.6 is 15.9 Å². The Labute approximate surface area is 136 Å². The van der Waals surface area contributed by atoms with Crippen LogP contribution in [0.4, 0.5) is 0 Å². The van der Waals surface area contributed by atoms with Crippen molar-refractivity contribution in [3.8, 4) is 0 Å². The van der Waals surface area contributed by atoms with Gasteiger partial charge in [0.1, 0.15) is 0 Å². The summed E-state index contributed by atoms with van der Waals surface area (Å²) in [7, 11) is 0. The summed E-state index contributed by atoms with van der Waals surface area (Å²) in [6.07, 6.45) is 3.30. The highest BCUT2D eigenvalue weighted by Gasteiger charge is 2.39. The van der Waals surface area contributed by atoms with Crippen LogP contribution in [-0.4, -0.2) is 11.9 Å². The Balaban J connectivity index is 2.14. The van der Waals surface area contributed by atoms with Crippen LogP contribution in [0.1, 0.15) is 62.9 Å². The monoisotopic (exact) mass is 351 g/mol. The predicted octanol–water partition coefficient (Wildman–Crippen LogP) is 5.09. The normalized spacial score (nSPS) is 21.0. The average Bonchev–Trinajstić information content (AvgIpc) is 2.27. The van der Waals surface area contributed by atoms with E-state index < -0.39 is 0 Å². The third-order valence-corrected chi connectivity index (χ3v) is 4.95. The van der Waals surface area contributed by atoms with Crippen molar-refractivity contribution >= 4 is 21.8 Å². The Kier molecular flexibility index (Phi) is 4.53. The van der Waals surface area contributed by atoms with Crippen LogP contribution in [0.3, 0.4) is 0 Å². The van der Waals surface area contributed by atoms with E-state index in [1.54, 1.807) is 0 Å². The summed E-state index contributed by atoms with van der Waals surface area (Å²) >= 11 is 3.48. The number of amides is 1. The fraction of sp³-hybridized carbons (Fsp3) is 0.611. The molecule has 0 unspecified atom stereocenters. The molecule has 0 aromatic heterocycles. The lowest BCUT2D eigenvalue weighted by Crippen LogP contribution is -2.46. The van der Waals surface area contributed by atoms with Crippen LogP contribution in [0.5, 0.6) is 0 Å². The van der Waals surface area contributed by atoms with Crippen LogP contribution in [0.2, 0.25) is 0 Å². The number of rotatable bonds is 2. The van der Waals surface area contributed by atoms with Crippen LogP contribution in [0.25, 0.3) is 0 Å². The van der Waals surface area contributed by atoms with E-state index in [1.807, 2.05) is 25.1 Å². The van der Waals surface area contributed by atoms with Crippen LogP contribution in [0.15, 0.2) is 22.7 Å². The lowest BCUT2D eigenvalue weighted by atomic mass is 9.63. The molecule has 1 aliphatic carbocycles. The number of nitrogens with one attached hydrogen (secondary N) is 1. The Morgan fingerprint density at radius 1 is 1.19 bits per heavy atom. The molecule has 2 rings (SSSR count). The molecular formula is C18H26BrNO. The van der Waals surface area contributed by atoms with E-state index in [2.05, 4.69) is 48.9 Å². The first-order chi connectivity index (χ1) is 9.58. The minimum atomic E-state index is 0.0316. The highest BCUT2D eigenvalue weighted by Crippen LogP contribution is 2.45. The van der Waals surface area contributed by atoms with Gasteiger partial charge in [-0.3, -0.25) is 4.79 Å². The van der Waals surface area contributed by atoms with Gasteiger partial charge in [0.05, 0.1) is 5.56 Å². The fourth-order valence-corrected chi connectivity index (χ4v) is 4.45. The van der Waals surface area contributed by atoms with Crippen molar-refractivity contribution in [3.05, 3.63) is 33.8 Å². The number of halogens is 1. The number of aryl methyl sites for hydroxylation is 1. The standard InChI is InChI=1S/C18H26BrNO/c1-12-6-7-15(19)14(8-12)16(21)20-13-9-17(2,3)11-18(4,5)10-13/h6-8,13H,9-11H2,1-5H3,(H,20,21). The van der Waals surface area contributed by atoms with Crippen molar-refractivity contribution in [2.24, 2.45) is 10.8 Å². The Hall–Kier alpha value is -0.830. The molecule has 1 aromatic carbocycles. The Bertz CT molecular complexity index is 532. The molecule has 1 amide bonds. The molecule has 0 atom stereocenters. The molecule has 0 spiro atoms. The van der Waals surface area contributed by atoms with E-state index >= 15 is 0 Å². The van der Waals surface area contributed by atoms with Gasteiger partial charge >= 0.3 is 0 Å². The summed E-state index contributed by atoms with van der Waals surface area (Å²) in [5, 5.41) is 3.25. The molecule has 1 aromatic rings. The predicted molar refractivity (Wildman–Crippen MR) is 91.5 cm³/mol. The molecule has 0 aliphatic heterocycles. The molecule has 116 valence electrons. The fourth-order valence-electron chi connectivity index (χ4n) is 4.02. The first-order valence-electron chi connectivity index (χ1n) is 7.65. The van der Waals surface area contributed by atoms with E-state index in [9.17, 15) is 4.79 Å². The maximum absolute atomic E-state index is 12.6. The summed E-state index contributed by atoms with van der Waals surface area (Å²) in [5.41, 5.74) is 2.40. The van der Waals surface area contributed by atoms with E-state index in [1.165, 1.54) is 6.42 Å². The zero-order chi connectivity index (χ0) is 15.8. The lowest BCUT2D eigenvalue weighted by molar-refractivity contribution is 0.0713. The molecule has 1 N–H and O–H groups in total. The zero-order valence-corrected chi connectivity index (χ0v) is 15.3. The Morgan fingerprint density at radius 3 is 2.33 bits per heavy atom. The minimum absolute atomic E-state index is 0.0316. The Morgan fingerprint density at radius 2 is 1.76 bits per heavy atom. The van der Waals surface area contributed by atoms with Crippen molar-refractivity contribution < 1.29 is 4.79 Å². The van der Waals surface area contributed by atoms with Crippen molar-refractivity contribution in [2.45, 2.75) is 59.9 Å². The summed E-state index contributed by atoms with van der Waals surface area (Å²) in [6, 6.07) is 6.15. The molecule has 2 nitrogen and oxygen atoms in total. The van der Waals surface area contributed by atoms with Crippen molar-refractivity contribution in [3.63, 3.8) is 0 Å². The van der Waals surface area contributed by atoms with Crippen molar-refractivity contribution in [1.29, 1.82) is 0 Å². The third-order valence-electron chi connectivity index (χ3n) is 4.26. The molecular weight excluding hydrogens is 326 g/mol. The second-order valence-electron chi connectivity index (χ2n) is 8.07. The van der Waals surface area contributed by atoms with Crippen LogP contribution < -0.4 is 5.32 Å². The summed E-state index contributed by atoms with van der Waals surface area (Å²) in [4.78, 5) is 12.6. The van der Waals surface area contributed by atoms with Gasteiger partial charge in [-0.25, -0.2) is 0 Å². The smallest absolute Gasteiger partial charge is 0.252 e. The molecule has 0 saturated heterocycles. The largest absolute Gasteiger partial charge is 0.349 e. The number of carbonyl (C=O) groups is 1. The minimum Gasteiger partial charge on any atom is -0.349 e. The van der Waals surface area contributed by atoms with E-state index in [4.69, 9.17) is 0 Å². The summed E-state index contributed by atoms with van der Waals surface area (Å²) in [5.74, 6) is 0.0316. The molecule has 3 heteroatoms. The number of hydrogen-bond donors (Lipinski definition) is 1. The molecule has 1 aliphatic rings. The highest BCUT2D eigenvalue weighted by atomic mass is 79.9. The molecule has 1 saturated carbocycles. The van der Waals surface area contributed by atoms with Crippen molar-refractivity contribution in [2.75, 3.05) is 0 Å². The molecule has 0 bridgehead atoms. The van der Waals surface area contributed by atoms with Gasteiger partial charge in [-0.1, -0.05) is 39.3 Å². The van der Waals surface area contributed by atoms with E-state index in [-0.39, 0.29) is 22.8 Å². The number of hydrogen-bond acceptors (Lipinski definition) is 1.